The maximum atomic E-state index is 11.0. The van der Waals surface area contributed by atoms with Gasteiger partial charge in [0.15, 0.2) is 0 Å². The minimum atomic E-state index is -0.166. The van der Waals surface area contributed by atoms with Gasteiger partial charge >= 0.3 is 0 Å². The van der Waals surface area contributed by atoms with Crippen molar-refractivity contribution in [2.24, 2.45) is 11.7 Å². The molecule has 4 nitrogen and oxygen atoms in total. The summed E-state index contributed by atoms with van der Waals surface area (Å²) in [6.07, 6.45) is 5.32. The molecular weight excluding hydrogens is 190 g/mol. The molecule has 1 aliphatic heterocycles. The Hall–Kier alpha value is -1.58. The number of anilines is 1. The molecule has 0 unspecified atom stereocenters. The highest BCUT2D eigenvalue weighted by atomic mass is 16.1. The molecule has 0 spiro atoms. The summed E-state index contributed by atoms with van der Waals surface area (Å²) < 4.78 is 0. The van der Waals surface area contributed by atoms with E-state index in [1.54, 1.807) is 6.20 Å². The molecule has 1 fully saturated rings. The summed E-state index contributed by atoms with van der Waals surface area (Å²) in [6.45, 7) is 1.78. The molecule has 1 amide bonds. The number of pyridine rings is 1. The highest BCUT2D eigenvalue weighted by Gasteiger charge is 2.22. The van der Waals surface area contributed by atoms with E-state index in [1.165, 1.54) is 0 Å². The third kappa shape index (κ3) is 2.26. The Labute approximate surface area is 89.1 Å². The monoisotopic (exact) mass is 205 g/mol. The third-order valence-electron chi connectivity index (χ3n) is 2.91. The van der Waals surface area contributed by atoms with Gasteiger partial charge in [0.05, 0.1) is 11.9 Å². The summed E-state index contributed by atoms with van der Waals surface area (Å²) in [7, 11) is 0. The van der Waals surface area contributed by atoms with Crippen LogP contribution in [0.1, 0.15) is 12.8 Å². The molecule has 2 heterocycles. The second-order valence-electron chi connectivity index (χ2n) is 3.87. The van der Waals surface area contributed by atoms with Gasteiger partial charge in [-0.3, -0.25) is 9.78 Å². The zero-order chi connectivity index (χ0) is 10.7. The van der Waals surface area contributed by atoms with Crippen LogP contribution in [0, 0.1) is 5.92 Å². The highest BCUT2D eigenvalue weighted by molar-refractivity contribution is 5.77. The van der Waals surface area contributed by atoms with Gasteiger partial charge in [0, 0.05) is 25.2 Å². The smallest absolute Gasteiger partial charge is 0.220 e. The number of amides is 1. The van der Waals surface area contributed by atoms with E-state index in [9.17, 15) is 4.79 Å². The normalized spacial score (nSPS) is 17.7. The second-order valence-corrected chi connectivity index (χ2v) is 3.87. The summed E-state index contributed by atoms with van der Waals surface area (Å²) in [5.41, 5.74) is 6.41. The highest BCUT2D eigenvalue weighted by Crippen LogP contribution is 2.21. The van der Waals surface area contributed by atoms with Gasteiger partial charge in [-0.25, -0.2) is 0 Å². The Morgan fingerprint density at radius 2 is 2.20 bits per heavy atom. The fourth-order valence-corrected chi connectivity index (χ4v) is 1.96. The number of aromatic nitrogens is 1. The van der Waals surface area contributed by atoms with Gasteiger partial charge in [-0.15, -0.1) is 0 Å². The van der Waals surface area contributed by atoms with Crippen LogP contribution in [0.2, 0.25) is 0 Å². The van der Waals surface area contributed by atoms with Crippen molar-refractivity contribution in [3.8, 4) is 0 Å². The van der Waals surface area contributed by atoms with Crippen molar-refractivity contribution >= 4 is 11.6 Å². The molecule has 0 saturated carbocycles. The maximum absolute atomic E-state index is 11.0. The maximum Gasteiger partial charge on any atom is 0.220 e. The van der Waals surface area contributed by atoms with E-state index in [0.29, 0.717) is 0 Å². The average molecular weight is 205 g/mol. The zero-order valence-electron chi connectivity index (χ0n) is 8.60. The molecule has 0 aliphatic carbocycles. The Morgan fingerprint density at radius 3 is 2.73 bits per heavy atom. The van der Waals surface area contributed by atoms with E-state index in [4.69, 9.17) is 5.73 Å². The molecular formula is C11H15N3O. The van der Waals surface area contributed by atoms with Crippen LogP contribution in [0.3, 0.4) is 0 Å². The van der Waals surface area contributed by atoms with Crippen LogP contribution in [0.5, 0.6) is 0 Å². The molecule has 2 N–H and O–H groups in total. The molecule has 1 aromatic rings. The number of carbonyl (C=O) groups is 1. The molecule has 1 saturated heterocycles. The van der Waals surface area contributed by atoms with Crippen molar-refractivity contribution in [1.29, 1.82) is 0 Å². The molecule has 0 aromatic carbocycles. The lowest BCUT2D eigenvalue weighted by molar-refractivity contribution is -0.122. The van der Waals surface area contributed by atoms with Gasteiger partial charge in [0.1, 0.15) is 0 Å². The van der Waals surface area contributed by atoms with Crippen LogP contribution in [0.25, 0.3) is 0 Å². The molecule has 2 rings (SSSR count). The Balaban J connectivity index is 1.97. The van der Waals surface area contributed by atoms with E-state index in [0.717, 1.165) is 31.6 Å². The molecule has 0 bridgehead atoms. The number of nitrogens with two attached hydrogens (primary N) is 1. The van der Waals surface area contributed by atoms with Crippen molar-refractivity contribution in [3.63, 3.8) is 0 Å². The van der Waals surface area contributed by atoms with Crippen molar-refractivity contribution < 1.29 is 4.79 Å². The average Bonchev–Trinajstić information content (AvgIpc) is 2.30. The third-order valence-corrected chi connectivity index (χ3v) is 2.91. The SMILES string of the molecule is NC(=O)C1CCN(c2cccnc2)CC1. The lowest BCUT2D eigenvalue weighted by Crippen LogP contribution is -2.38. The predicted octanol–water partition coefficient (Wildman–Crippen LogP) is 0.783. The van der Waals surface area contributed by atoms with Crippen LogP contribution in [0.4, 0.5) is 5.69 Å². The number of hydrogen-bond acceptors (Lipinski definition) is 3. The minimum Gasteiger partial charge on any atom is -0.370 e. The molecule has 80 valence electrons. The van der Waals surface area contributed by atoms with Crippen LogP contribution >= 0.6 is 0 Å². The topological polar surface area (TPSA) is 59.2 Å². The lowest BCUT2D eigenvalue weighted by atomic mass is 9.96. The van der Waals surface area contributed by atoms with E-state index >= 15 is 0 Å². The van der Waals surface area contributed by atoms with Crippen molar-refractivity contribution in [2.45, 2.75) is 12.8 Å². The van der Waals surface area contributed by atoms with Crippen LogP contribution < -0.4 is 10.6 Å². The first kappa shape index (κ1) is 9.96. The van der Waals surface area contributed by atoms with E-state index < -0.39 is 0 Å². The standard InChI is InChI=1S/C11H15N3O/c12-11(15)9-3-6-14(7-4-9)10-2-1-5-13-8-10/h1-2,5,8-9H,3-4,6-7H2,(H2,12,15). The number of hydrogen-bond donors (Lipinski definition) is 1. The number of primary amides is 1. The predicted molar refractivity (Wildman–Crippen MR) is 58.4 cm³/mol. The molecule has 4 heteroatoms. The minimum absolute atomic E-state index is 0.0536. The Morgan fingerprint density at radius 1 is 1.47 bits per heavy atom. The molecule has 1 aliphatic rings. The van der Waals surface area contributed by atoms with Crippen LogP contribution in [0.15, 0.2) is 24.5 Å². The van der Waals surface area contributed by atoms with Gasteiger partial charge in [0.2, 0.25) is 5.91 Å². The largest absolute Gasteiger partial charge is 0.370 e. The summed E-state index contributed by atoms with van der Waals surface area (Å²) in [4.78, 5) is 17.3. The number of nitrogens with zero attached hydrogens (tertiary/aromatic N) is 2. The van der Waals surface area contributed by atoms with Crippen molar-refractivity contribution in [3.05, 3.63) is 24.5 Å². The first-order chi connectivity index (χ1) is 7.27. The first-order valence-corrected chi connectivity index (χ1v) is 5.21. The van der Waals surface area contributed by atoms with Gasteiger partial charge in [-0.2, -0.15) is 0 Å². The molecule has 0 atom stereocenters. The fraction of sp³-hybridized carbons (Fsp3) is 0.455. The van der Waals surface area contributed by atoms with Gasteiger partial charge < -0.3 is 10.6 Å². The number of rotatable bonds is 2. The summed E-state index contributed by atoms with van der Waals surface area (Å²) in [5, 5.41) is 0. The summed E-state index contributed by atoms with van der Waals surface area (Å²) in [6, 6.07) is 3.97. The van der Waals surface area contributed by atoms with E-state index in [1.807, 2.05) is 18.3 Å². The zero-order valence-corrected chi connectivity index (χ0v) is 8.60. The fourth-order valence-electron chi connectivity index (χ4n) is 1.96. The van der Waals surface area contributed by atoms with E-state index in [2.05, 4.69) is 9.88 Å². The molecule has 15 heavy (non-hydrogen) atoms. The second kappa shape index (κ2) is 4.29. The Kier molecular flexibility index (Phi) is 2.85. The lowest BCUT2D eigenvalue weighted by Gasteiger charge is -2.31. The molecule has 0 radical (unpaired) electrons. The van der Waals surface area contributed by atoms with Crippen molar-refractivity contribution in [2.75, 3.05) is 18.0 Å². The van der Waals surface area contributed by atoms with Gasteiger partial charge in [-0.1, -0.05) is 0 Å². The number of piperidine rings is 1. The summed E-state index contributed by atoms with van der Waals surface area (Å²) >= 11 is 0. The van der Waals surface area contributed by atoms with Gasteiger partial charge in [-0.05, 0) is 25.0 Å². The van der Waals surface area contributed by atoms with E-state index in [-0.39, 0.29) is 11.8 Å². The first-order valence-electron chi connectivity index (χ1n) is 5.21. The van der Waals surface area contributed by atoms with Crippen LogP contribution in [-0.4, -0.2) is 24.0 Å². The van der Waals surface area contributed by atoms with Crippen LogP contribution in [-0.2, 0) is 4.79 Å². The van der Waals surface area contributed by atoms with Gasteiger partial charge in [0.25, 0.3) is 0 Å². The number of carbonyl (C=O) groups excluding carboxylic acids is 1. The molecule has 1 aromatic heterocycles. The van der Waals surface area contributed by atoms with Crippen molar-refractivity contribution in [1.82, 2.24) is 4.98 Å². The quantitative estimate of drug-likeness (QED) is 0.776. The summed E-state index contributed by atoms with van der Waals surface area (Å²) in [5.74, 6) is -0.112. The Bertz CT molecular complexity index is 331.